The Labute approximate surface area is 125 Å². The third-order valence-corrected chi connectivity index (χ3v) is 3.52. The van der Waals surface area contributed by atoms with Gasteiger partial charge in [-0.1, -0.05) is 12.1 Å². The minimum atomic E-state index is -0.960. The second-order valence-corrected chi connectivity index (χ2v) is 4.91. The average Bonchev–Trinajstić information content (AvgIpc) is 2.83. The molecule has 0 spiro atoms. The van der Waals surface area contributed by atoms with Crippen LogP contribution < -0.4 is 10.3 Å². The topological polar surface area (TPSA) is 84.3 Å². The number of H-pyrrole nitrogens is 1. The van der Waals surface area contributed by atoms with Gasteiger partial charge < -0.3 is 9.84 Å². The molecule has 1 heterocycles. The first-order valence-corrected chi connectivity index (χ1v) is 6.67. The molecule has 0 saturated heterocycles. The summed E-state index contributed by atoms with van der Waals surface area (Å²) in [4.78, 5) is 22.8. The summed E-state index contributed by atoms with van der Waals surface area (Å²) in [6.07, 6.45) is 0. The van der Waals surface area contributed by atoms with Crippen LogP contribution >= 0.6 is 0 Å². The van der Waals surface area contributed by atoms with Gasteiger partial charge in [-0.25, -0.2) is 4.79 Å². The highest BCUT2D eigenvalue weighted by molar-refractivity contribution is 5.87. The number of fused-ring (bicyclic) bond motifs is 1. The molecule has 112 valence electrons. The maximum atomic E-state index is 12.0. The summed E-state index contributed by atoms with van der Waals surface area (Å²) in [6, 6.07) is 11.9. The van der Waals surface area contributed by atoms with Crippen molar-refractivity contribution < 1.29 is 14.6 Å². The Bertz CT molecular complexity index is 891. The van der Waals surface area contributed by atoms with Crippen molar-refractivity contribution >= 4 is 16.9 Å². The van der Waals surface area contributed by atoms with Crippen LogP contribution in [0.2, 0.25) is 0 Å². The average molecular weight is 298 g/mol. The van der Waals surface area contributed by atoms with E-state index in [-0.39, 0.29) is 11.1 Å². The van der Waals surface area contributed by atoms with Gasteiger partial charge in [0.1, 0.15) is 5.75 Å². The molecule has 0 aliphatic heterocycles. The first kappa shape index (κ1) is 13.9. The first-order valence-electron chi connectivity index (χ1n) is 6.67. The molecule has 0 aliphatic carbocycles. The molecule has 0 amide bonds. The van der Waals surface area contributed by atoms with E-state index in [1.54, 1.807) is 48.2 Å². The Kier molecular flexibility index (Phi) is 3.42. The maximum absolute atomic E-state index is 12.0. The number of hydrogen-bond acceptors (Lipinski definition) is 3. The van der Waals surface area contributed by atoms with Gasteiger partial charge in [0.2, 0.25) is 0 Å². The van der Waals surface area contributed by atoms with E-state index in [1.165, 1.54) is 0 Å². The van der Waals surface area contributed by atoms with Crippen LogP contribution in [0.25, 0.3) is 10.9 Å². The van der Waals surface area contributed by atoms with Gasteiger partial charge in [-0.2, -0.15) is 0 Å². The highest BCUT2D eigenvalue weighted by Gasteiger charge is 2.09. The molecule has 0 aliphatic rings. The van der Waals surface area contributed by atoms with Crippen LogP contribution in [0.1, 0.15) is 15.9 Å². The molecule has 0 atom stereocenters. The summed E-state index contributed by atoms with van der Waals surface area (Å²) in [7, 11) is 1.55. The lowest BCUT2D eigenvalue weighted by Crippen LogP contribution is -2.07. The van der Waals surface area contributed by atoms with Crippen LogP contribution in [0.4, 0.5) is 0 Å². The van der Waals surface area contributed by atoms with E-state index < -0.39 is 5.97 Å². The van der Waals surface area contributed by atoms with Crippen LogP contribution in [-0.2, 0) is 6.54 Å². The standard InChI is InChI=1S/C16H14N2O4/c1-22-12-6-7-14-13(8-12)15(19)17-18(14)9-10-2-4-11(5-3-10)16(20)21/h2-8H,9H2,1H3,(H,17,19)(H,20,21). The van der Waals surface area contributed by atoms with Crippen LogP contribution in [-0.4, -0.2) is 28.0 Å². The van der Waals surface area contributed by atoms with Crippen LogP contribution in [0, 0.1) is 0 Å². The lowest BCUT2D eigenvalue weighted by Gasteiger charge is -2.06. The number of rotatable bonds is 4. The number of ether oxygens (including phenoxy) is 1. The Balaban J connectivity index is 1.97. The van der Waals surface area contributed by atoms with Crippen molar-refractivity contribution in [2.45, 2.75) is 6.54 Å². The molecule has 2 N–H and O–H groups in total. The van der Waals surface area contributed by atoms with Gasteiger partial charge in [0.25, 0.3) is 5.56 Å². The van der Waals surface area contributed by atoms with Gasteiger partial charge in [-0.15, -0.1) is 0 Å². The summed E-state index contributed by atoms with van der Waals surface area (Å²) in [5.41, 5.74) is 1.72. The minimum Gasteiger partial charge on any atom is -0.497 e. The SMILES string of the molecule is COc1ccc2c(c1)c(=O)[nH]n2Cc1ccc(C(=O)O)cc1. The van der Waals surface area contributed by atoms with E-state index in [0.717, 1.165) is 11.1 Å². The smallest absolute Gasteiger partial charge is 0.335 e. The Morgan fingerprint density at radius 1 is 1.23 bits per heavy atom. The molecule has 0 fully saturated rings. The molecular formula is C16H14N2O4. The van der Waals surface area contributed by atoms with Gasteiger partial charge in [0, 0.05) is 0 Å². The van der Waals surface area contributed by atoms with E-state index in [0.29, 0.717) is 17.7 Å². The molecule has 2 aromatic carbocycles. The summed E-state index contributed by atoms with van der Waals surface area (Å²) >= 11 is 0. The number of nitrogens with zero attached hydrogens (tertiary/aromatic N) is 1. The number of hydrogen-bond donors (Lipinski definition) is 2. The van der Waals surface area contributed by atoms with Crippen LogP contribution in [0.5, 0.6) is 5.75 Å². The summed E-state index contributed by atoms with van der Waals surface area (Å²) in [5, 5.41) is 12.2. The zero-order valence-electron chi connectivity index (χ0n) is 11.9. The largest absolute Gasteiger partial charge is 0.497 e. The van der Waals surface area contributed by atoms with Crippen LogP contribution in [0.15, 0.2) is 47.3 Å². The maximum Gasteiger partial charge on any atom is 0.335 e. The third-order valence-electron chi connectivity index (χ3n) is 3.52. The van der Waals surface area contributed by atoms with Crippen molar-refractivity contribution in [3.05, 3.63) is 63.9 Å². The van der Waals surface area contributed by atoms with Gasteiger partial charge in [0.05, 0.1) is 30.1 Å². The zero-order valence-corrected chi connectivity index (χ0v) is 11.9. The number of methoxy groups -OCH3 is 1. The molecule has 1 aromatic heterocycles. The molecule has 0 unspecified atom stereocenters. The van der Waals surface area contributed by atoms with Gasteiger partial charge in [-0.3, -0.25) is 14.6 Å². The normalized spacial score (nSPS) is 10.8. The highest BCUT2D eigenvalue weighted by Crippen LogP contribution is 2.18. The van der Waals surface area contributed by atoms with E-state index in [2.05, 4.69) is 5.10 Å². The predicted octanol–water partition coefficient (Wildman–Crippen LogP) is 2.08. The number of benzene rings is 2. The molecule has 6 nitrogen and oxygen atoms in total. The molecule has 0 bridgehead atoms. The first-order chi connectivity index (χ1) is 10.6. The summed E-state index contributed by atoms with van der Waals surface area (Å²) < 4.78 is 6.85. The highest BCUT2D eigenvalue weighted by atomic mass is 16.5. The van der Waals surface area contributed by atoms with E-state index in [1.807, 2.05) is 6.07 Å². The lowest BCUT2D eigenvalue weighted by molar-refractivity contribution is 0.0697. The predicted molar refractivity (Wildman–Crippen MR) is 81.6 cm³/mol. The Morgan fingerprint density at radius 3 is 2.59 bits per heavy atom. The Hall–Kier alpha value is -3.02. The van der Waals surface area contributed by atoms with Gasteiger partial charge in [0.15, 0.2) is 0 Å². The van der Waals surface area contributed by atoms with E-state index in [4.69, 9.17) is 9.84 Å². The quantitative estimate of drug-likeness (QED) is 0.772. The van der Waals surface area contributed by atoms with E-state index in [9.17, 15) is 9.59 Å². The Morgan fingerprint density at radius 2 is 1.95 bits per heavy atom. The molecule has 3 aromatic rings. The van der Waals surface area contributed by atoms with Gasteiger partial charge >= 0.3 is 5.97 Å². The minimum absolute atomic E-state index is 0.184. The summed E-state index contributed by atoms with van der Waals surface area (Å²) in [5.74, 6) is -0.333. The van der Waals surface area contributed by atoms with Crippen molar-refractivity contribution in [3.63, 3.8) is 0 Å². The van der Waals surface area contributed by atoms with Crippen molar-refractivity contribution in [1.82, 2.24) is 9.78 Å². The molecular weight excluding hydrogens is 284 g/mol. The third kappa shape index (κ3) is 2.46. The number of carboxylic acid groups (broad SMARTS) is 1. The second-order valence-electron chi connectivity index (χ2n) is 4.91. The number of aromatic carboxylic acids is 1. The molecule has 3 rings (SSSR count). The number of carboxylic acids is 1. The van der Waals surface area contributed by atoms with Crippen molar-refractivity contribution in [2.24, 2.45) is 0 Å². The molecule has 0 saturated carbocycles. The molecule has 0 radical (unpaired) electrons. The fourth-order valence-corrected chi connectivity index (χ4v) is 2.36. The van der Waals surface area contributed by atoms with Crippen molar-refractivity contribution in [3.8, 4) is 5.75 Å². The number of aromatic amines is 1. The second kappa shape index (κ2) is 5.40. The van der Waals surface area contributed by atoms with Crippen molar-refractivity contribution in [1.29, 1.82) is 0 Å². The van der Waals surface area contributed by atoms with Crippen LogP contribution in [0.3, 0.4) is 0 Å². The number of nitrogens with one attached hydrogen (secondary N) is 1. The monoisotopic (exact) mass is 298 g/mol. The zero-order chi connectivity index (χ0) is 15.7. The fourth-order valence-electron chi connectivity index (χ4n) is 2.36. The number of aromatic nitrogens is 2. The van der Waals surface area contributed by atoms with Crippen molar-refractivity contribution in [2.75, 3.05) is 7.11 Å². The molecule has 22 heavy (non-hydrogen) atoms. The number of carbonyl (C=O) groups is 1. The van der Waals surface area contributed by atoms with E-state index >= 15 is 0 Å². The summed E-state index contributed by atoms with van der Waals surface area (Å²) in [6.45, 7) is 0.449. The van der Waals surface area contributed by atoms with Gasteiger partial charge in [-0.05, 0) is 35.9 Å². The lowest BCUT2D eigenvalue weighted by atomic mass is 10.1. The molecule has 6 heteroatoms. The fraction of sp³-hybridized carbons (Fsp3) is 0.125.